The van der Waals surface area contributed by atoms with Crippen molar-refractivity contribution in [3.63, 3.8) is 0 Å². The molecule has 0 bridgehead atoms. The number of hydrogen-bond acceptors (Lipinski definition) is 10. The molecular formula is C47H42O8S2. The van der Waals surface area contributed by atoms with Gasteiger partial charge in [-0.15, -0.1) is 23.5 Å². The van der Waals surface area contributed by atoms with Gasteiger partial charge >= 0.3 is 17.9 Å². The maximum Gasteiger partial charge on any atom is 0.343 e. The average Bonchev–Trinajstić information content (AvgIpc) is 3.24. The van der Waals surface area contributed by atoms with Gasteiger partial charge in [0.25, 0.3) is 0 Å². The highest BCUT2D eigenvalue weighted by molar-refractivity contribution is 7.99. The second kappa shape index (κ2) is 22.7. The molecule has 5 aromatic rings. The molecule has 0 spiro atoms. The van der Waals surface area contributed by atoms with Crippen LogP contribution in [0.1, 0.15) is 85.9 Å². The molecule has 0 heterocycles. The lowest BCUT2D eigenvalue weighted by Gasteiger charge is -2.12. The van der Waals surface area contributed by atoms with Crippen LogP contribution < -0.4 is 9.47 Å². The lowest BCUT2D eigenvalue weighted by Crippen LogP contribution is -2.14. The molecule has 2 N–H and O–H groups in total. The lowest BCUT2D eigenvalue weighted by atomic mass is 10.1. The predicted octanol–water partition coefficient (Wildman–Crippen LogP) is 8.83. The molecule has 8 nitrogen and oxygen atoms in total. The predicted molar refractivity (Wildman–Crippen MR) is 224 cm³/mol. The number of ether oxygens (including phenoxy) is 3. The van der Waals surface area contributed by atoms with Crippen LogP contribution in [-0.4, -0.2) is 59.4 Å². The molecule has 0 aliphatic heterocycles. The van der Waals surface area contributed by atoms with Crippen molar-refractivity contribution >= 4 is 41.4 Å². The number of hydrogen-bond donors (Lipinski definition) is 2. The number of aliphatic hydroxyl groups excluding tert-OH is 2. The van der Waals surface area contributed by atoms with Gasteiger partial charge in [-0.25, -0.2) is 14.4 Å². The van der Waals surface area contributed by atoms with Crippen molar-refractivity contribution < 1.29 is 38.8 Å². The van der Waals surface area contributed by atoms with Crippen LogP contribution in [-0.2, 0) is 4.74 Å². The van der Waals surface area contributed by atoms with E-state index in [4.69, 9.17) is 24.4 Å². The third kappa shape index (κ3) is 13.7. The minimum atomic E-state index is -0.718. The Kier molecular flexibility index (Phi) is 16.9. The topological polar surface area (TPSA) is 119 Å². The summed E-state index contributed by atoms with van der Waals surface area (Å²) in [5, 5.41) is 17.9. The number of unbranched alkanes of at least 4 members (excludes halogenated alkanes) is 1. The average molecular weight is 799 g/mol. The number of esters is 3. The van der Waals surface area contributed by atoms with Crippen molar-refractivity contribution in [2.24, 2.45) is 0 Å². The first-order chi connectivity index (χ1) is 27.8. The SMILES string of the molecule is CCCCOC(=O)c1cc(OC(=O)c2ccc(C#Cc3ccc(SCCCO)cc3)cc2)ccc1OC(=O)c1ccc(C#Cc2ccc(SCCCO)cc2)cc1. The summed E-state index contributed by atoms with van der Waals surface area (Å²) in [7, 11) is 0. The summed E-state index contributed by atoms with van der Waals surface area (Å²) in [6, 6.07) is 33.2. The van der Waals surface area contributed by atoms with Crippen molar-refractivity contribution in [1.82, 2.24) is 0 Å². The summed E-state index contributed by atoms with van der Waals surface area (Å²) in [6.07, 6.45) is 2.95. The molecule has 5 rings (SSSR count). The molecule has 0 unspecified atom stereocenters. The largest absolute Gasteiger partial charge is 0.462 e. The van der Waals surface area contributed by atoms with Gasteiger partial charge in [0.05, 0.1) is 17.7 Å². The first-order valence-corrected chi connectivity index (χ1v) is 20.5. The molecule has 0 amide bonds. The molecule has 0 aromatic heterocycles. The smallest absolute Gasteiger partial charge is 0.343 e. The van der Waals surface area contributed by atoms with Crippen LogP contribution in [0.4, 0.5) is 0 Å². The second-order valence-electron chi connectivity index (χ2n) is 12.5. The van der Waals surface area contributed by atoms with Gasteiger partial charge in [-0.05, 0) is 135 Å². The zero-order valence-corrected chi connectivity index (χ0v) is 33.1. The van der Waals surface area contributed by atoms with E-state index in [0.29, 0.717) is 17.5 Å². The fourth-order valence-electron chi connectivity index (χ4n) is 4.98. The summed E-state index contributed by atoms with van der Waals surface area (Å²) in [6.45, 7) is 2.50. The van der Waals surface area contributed by atoms with E-state index in [1.807, 2.05) is 55.5 Å². The van der Waals surface area contributed by atoms with Crippen molar-refractivity contribution in [3.8, 4) is 35.2 Å². The van der Waals surface area contributed by atoms with Gasteiger partial charge in [0.2, 0.25) is 0 Å². The highest BCUT2D eigenvalue weighted by atomic mass is 32.2. The van der Waals surface area contributed by atoms with Gasteiger partial charge in [0, 0.05) is 56.8 Å². The van der Waals surface area contributed by atoms with Crippen LogP contribution in [0.25, 0.3) is 0 Å². The van der Waals surface area contributed by atoms with Gasteiger partial charge < -0.3 is 24.4 Å². The Morgan fingerprint density at radius 1 is 0.544 bits per heavy atom. The van der Waals surface area contributed by atoms with E-state index in [1.165, 1.54) is 18.2 Å². The first kappa shape index (κ1) is 42.4. The molecule has 0 atom stereocenters. The zero-order valence-electron chi connectivity index (χ0n) is 31.5. The molecule has 0 aliphatic rings. The monoisotopic (exact) mass is 798 g/mol. The fourth-order valence-corrected chi connectivity index (χ4v) is 6.65. The number of carbonyl (C=O) groups excluding carboxylic acids is 3. The minimum Gasteiger partial charge on any atom is -0.462 e. The van der Waals surface area contributed by atoms with Crippen LogP contribution in [0.5, 0.6) is 11.5 Å². The van der Waals surface area contributed by atoms with Crippen LogP contribution in [0.2, 0.25) is 0 Å². The van der Waals surface area contributed by atoms with Gasteiger partial charge in [0.15, 0.2) is 0 Å². The zero-order chi connectivity index (χ0) is 40.2. The third-order valence-electron chi connectivity index (χ3n) is 8.11. The van der Waals surface area contributed by atoms with Crippen molar-refractivity contribution in [2.75, 3.05) is 31.3 Å². The highest BCUT2D eigenvalue weighted by Crippen LogP contribution is 2.27. The Hall–Kier alpha value is -5.75. The van der Waals surface area contributed by atoms with Crippen LogP contribution >= 0.6 is 23.5 Å². The molecule has 57 heavy (non-hydrogen) atoms. The molecule has 290 valence electrons. The van der Waals surface area contributed by atoms with Gasteiger partial charge in [-0.1, -0.05) is 37.0 Å². The Morgan fingerprint density at radius 2 is 0.982 bits per heavy atom. The minimum absolute atomic E-state index is 0.0406. The molecule has 0 saturated carbocycles. The Balaban J connectivity index is 1.22. The number of benzene rings is 5. The van der Waals surface area contributed by atoms with Crippen molar-refractivity contribution in [1.29, 1.82) is 0 Å². The van der Waals surface area contributed by atoms with E-state index < -0.39 is 17.9 Å². The van der Waals surface area contributed by atoms with Gasteiger partial charge in [0.1, 0.15) is 17.1 Å². The maximum absolute atomic E-state index is 13.2. The van der Waals surface area contributed by atoms with E-state index in [0.717, 1.165) is 51.7 Å². The molecule has 10 heteroatoms. The molecular weight excluding hydrogens is 757 g/mol. The Bertz CT molecular complexity index is 2230. The van der Waals surface area contributed by atoms with Crippen molar-refractivity contribution in [3.05, 3.63) is 154 Å². The lowest BCUT2D eigenvalue weighted by molar-refractivity contribution is 0.0492. The van der Waals surface area contributed by atoms with E-state index in [2.05, 4.69) is 23.7 Å². The first-order valence-electron chi connectivity index (χ1n) is 18.5. The third-order valence-corrected chi connectivity index (χ3v) is 10.3. The van der Waals surface area contributed by atoms with Crippen LogP contribution in [0, 0.1) is 23.7 Å². The molecule has 5 aromatic carbocycles. The maximum atomic E-state index is 13.2. The van der Waals surface area contributed by atoms with E-state index >= 15 is 0 Å². The van der Waals surface area contributed by atoms with Crippen molar-refractivity contribution in [2.45, 2.75) is 42.4 Å². The standard InChI is InChI=1S/C47H42O8S2/c1-2-3-30-53-47(52)43-33-40(54-45(50)38-18-10-34(11-19-38)6-8-36-14-23-41(24-15-36)56-31-4-28-48)22-27-44(43)55-46(51)39-20-12-35(13-21-39)7-9-37-16-25-42(26-17-37)57-32-5-29-49/h10-27,33,48-49H,2-5,28-32H2,1H3. The van der Waals surface area contributed by atoms with Gasteiger partial charge in [-0.2, -0.15) is 0 Å². The van der Waals surface area contributed by atoms with E-state index in [9.17, 15) is 14.4 Å². The second-order valence-corrected chi connectivity index (χ2v) is 14.8. The van der Waals surface area contributed by atoms with Crippen LogP contribution in [0.3, 0.4) is 0 Å². The Labute approximate surface area is 342 Å². The Morgan fingerprint density at radius 3 is 1.42 bits per heavy atom. The fraction of sp³-hybridized carbons (Fsp3) is 0.213. The highest BCUT2D eigenvalue weighted by Gasteiger charge is 2.20. The summed E-state index contributed by atoms with van der Waals surface area (Å²) in [5.41, 5.74) is 3.59. The normalized spacial score (nSPS) is 10.4. The summed E-state index contributed by atoms with van der Waals surface area (Å²) < 4.78 is 16.7. The van der Waals surface area contributed by atoms with E-state index in [1.54, 1.807) is 72.1 Å². The van der Waals surface area contributed by atoms with Gasteiger partial charge in [-0.3, -0.25) is 0 Å². The number of carbonyl (C=O) groups is 3. The quantitative estimate of drug-likeness (QED) is 0.0330. The molecule has 0 radical (unpaired) electrons. The number of aliphatic hydroxyl groups is 2. The van der Waals surface area contributed by atoms with Crippen LogP contribution in [0.15, 0.2) is 125 Å². The molecule has 0 saturated heterocycles. The number of thioether (sulfide) groups is 2. The summed E-state index contributed by atoms with van der Waals surface area (Å²) in [4.78, 5) is 41.7. The number of rotatable bonds is 16. The molecule has 0 aliphatic carbocycles. The molecule has 0 fully saturated rings. The van der Waals surface area contributed by atoms with E-state index in [-0.39, 0.29) is 48.0 Å². The summed E-state index contributed by atoms with van der Waals surface area (Å²) in [5.74, 6) is 12.1. The summed E-state index contributed by atoms with van der Waals surface area (Å²) >= 11 is 3.36.